The molecule has 0 saturated heterocycles. The number of aromatic nitrogens is 3. The van der Waals surface area contributed by atoms with E-state index in [4.69, 9.17) is 10.5 Å². The Bertz CT molecular complexity index is 2680. The van der Waals surface area contributed by atoms with Gasteiger partial charge in [0.15, 0.2) is 0 Å². The molecule has 8 aromatic rings. The Morgan fingerprint density at radius 2 is 1.58 bits per heavy atom. The van der Waals surface area contributed by atoms with Crippen molar-refractivity contribution in [2.45, 2.75) is 64.6 Å². The molecule has 0 spiro atoms. The monoisotopic (exact) mass is 942 g/mol. The Kier molecular flexibility index (Phi) is 9.60. The number of aryl methyl sites for hydroxylation is 4. The zero-order chi connectivity index (χ0) is 39.4. The van der Waals surface area contributed by atoms with Crippen molar-refractivity contribution >= 4 is 60.2 Å². The summed E-state index contributed by atoms with van der Waals surface area (Å²) in [5.41, 5.74) is 11.0. The van der Waals surface area contributed by atoms with Crippen LogP contribution in [0.15, 0.2) is 103 Å². The summed E-state index contributed by atoms with van der Waals surface area (Å²) in [4.78, 5) is 9.70. The van der Waals surface area contributed by atoms with Gasteiger partial charge in [0.2, 0.25) is 0 Å². The molecule has 265 valence electrons. The summed E-state index contributed by atoms with van der Waals surface area (Å²) < 4.78 is 36.9. The van der Waals surface area contributed by atoms with Crippen LogP contribution in [0.4, 0.5) is 0 Å². The first-order valence-corrected chi connectivity index (χ1v) is 25.5. The number of pyridine rings is 1. The largest absolute Gasteiger partial charge is 0 e. The fraction of sp³-hybridized carbons (Fsp3) is 0.217. The Morgan fingerprint density at radius 1 is 0.846 bits per heavy atom. The molecule has 0 N–H and O–H groups in total. The van der Waals surface area contributed by atoms with Gasteiger partial charge < -0.3 is 4.57 Å². The summed E-state index contributed by atoms with van der Waals surface area (Å²) in [6.45, 7) is 8.20. The third kappa shape index (κ3) is 7.34. The summed E-state index contributed by atoms with van der Waals surface area (Å²) >= 11 is -0.317. The van der Waals surface area contributed by atoms with Crippen LogP contribution in [-0.4, -0.2) is 27.8 Å². The van der Waals surface area contributed by atoms with Crippen LogP contribution in [-0.2, 0) is 20.1 Å². The van der Waals surface area contributed by atoms with E-state index in [1.165, 1.54) is 53.0 Å². The third-order valence-corrected chi connectivity index (χ3v) is 14.8. The number of thiophene rings is 1. The Labute approximate surface area is 334 Å². The maximum Gasteiger partial charge on any atom is 0 e. The number of imidazole rings is 1. The van der Waals surface area contributed by atoms with Gasteiger partial charge in [-0.15, -0.1) is 18.2 Å². The van der Waals surface area contributed by atoms with Crippen molar-refractivity contribution in [2.75, 3.05) is 0 Å². The minimum atomic E-state index is -2.14. The van der Waals surface area contributed by atoms with Gasteiger partial charge in [0.05, 0.1) is 16.9 Å². The Balaban J connectivity index is 0.000000194. The molecule has 5 aromatic carbocycles. The molecule has 3 aromatic heterocycles. The number of hydrogen-bond acceptors (Lipinski definition) is 3. The minimum absolute atomic E-state index is 0. The normalized spacial score (nSPS) is 13.2. The molecule has 0 aliphatic carbocycles. The molecule has 1 radical (unpaired) electrons. The molecule has 52 heavy (non-hydrogen) atoms. The molecule has 0 aliphatic rings. The van der Waals surface area contributed by atoms with Gasteiger partial charge in [-0.05, 0) is 60.2 Å². The second kappa shape index (κ2) is 15.2. The molecule has 3 nitrogen and oxygen atoms in total. The molecule has 6 heteroatoms. The molecule has 0 amide bonds. The molecule has 0 atom stereocenters. The van der Waals surface area contributed by atoms with Gasteiger partial charge in [-0.2, -0.15) is 11.3 Å². The van der Waals surface area contributed by atoms with Crippen molar-refractivity contribution in [1.82, 2.24) is 14.5 Å². The SMILES string of the molecule is Cc1cc(C)c(-n2c(-c3[c-]ccc4c3sc3ccccc34)nc3ccccc32)c(C)c1.[2H]C([2H])([2H])c1c[c-]c(-c2cc(C([2H])(C)C)[c]([Ge]([CH3])([CH3])[CH3])cn2)cc1.[Ir]. The molecule has 0 fully saturated rings. The topological polar surface area (TPSA) is 30.7 Å². The van der Waals surface area contributed by atoms with Gasteiger partial charge in [-0.25, -0.2) is 0 Å². The van der Waals surface area contributed by atoms with Gasteiger partial charge in [-0.3, -0.25) is 4.98 Å². The van der Waals surface area contributed by atoms with Crippen LogP contribution in [0.2, 0.25) is 17.3 Å². The second-order valence-electron chi connectivity index (χ2n) is 14.6. The van der Waals surface area contributed by atoms with Gasteiger partial charge in [0.25, 0.3) is 0 Å². The van der Waals surface area contributed by atoms with Crippen LogP contribution in [0.3, 0.4) is 0 Å². The van der Waals surface area contributed by atoms with Gasteiger partial charge in [-0.1, -0.05) is 59.0 Å². The van der Waals surface area contributed by atoms with E-state index in [1.54, 1.807) is 12.1 Å². The maximum absolute atomic E-state index is 8.49. The van der Waals surface area contributed by atoms with E-state index in [1.807, 2.05) is 43.5 Å². The van der Waals surface area contributed by atoms with Crippen molar-refractivity contribution in [2.24, 2.45) is 0 Å². The van der Waals surface area contributed by atoms with E-state index >= 15 is 0 Å². The summed E-state index contributed by atoms with van der Waals surface area (Å²) in [6, 6.07) is 39.1. The second-order valence-corrected chi connectivity index (χ2v) is 26.2. The van der Waals surface area contributed by atoms with Crippen molar-refractivity contribution in [1.29, 1.82) is 0 Å². The van der Waals surface area contributed by atoms with Crippen molar-refractivity contribution in [3.8, 4) is 28.3 Å². The predicted molar refractivity (Wildman–Crippen MR) is 223 cm³/mol. The summed E-state index contributed by atoms with van der Waals surface area (Å²) in [6.07, 6.45) is 1.91. The number of nitrogens with zero attached hydrogens (tertiary/aromatic N) is 3. The van der Waals surface area contributed by atoms with Crippen molar-refractivity contribution in [3.63, 3.8) is 0 Å². The number of fused-ring (bicyclic) bond motifs is 4. The molecule has 0 aliphatic heterocycles. The average molecular weight is 941 g/mol. The first kappa shape index (κ1) is 32.8. The van der Waals surface area contributed by atoms with Gasteiger partial charge in [0, 0.05) is 30.5 Å². The molecule has 3 heterocycles. The molecule has 0 saturated carbocycles. The van der Waals surface area contributed by atoms with E-state index in [0.29, 0.717) is 0 Å². The standard InChI is InChI=1S/C28H21N2S.C18H24GeN.Ir/c1-17-15-18(2)26(19(3)16-17)30-24-13-6-5-12-23(24)29-28(30)22-11-8-10-21-20-9-4-7-14-25(20)31-27(21)22;1-13(2)16-11-18(15-9-7-14(3)8-10-15)20-12-17(16)19(4,5)6;/h4-10,12-16H,1-3H3;7-9,11-13H,1-6H3;/q2*-1;/i;3D3,13D;. The Hall–Kier alpha value is -3.87. The van der Waals surface area contributed by atoms with E-state index in [0.717, 1.165) is 39.2 Å². The average Bonchev–Trinajstić information content (AvgIpc) is 3.69. The summed E-state index contributed by atoms with van der Waals surface area (Å²) in [7, 11) is 0. The smallest absolute Gasteiger partial charge is 0 e. The number of benzene rings is 5. The fourth-order valence-corrected chi connectivity index (χ4v) is 11.5. The fourth-order valence-electron chi connectivity index (χ4n) is 7.00. The molecule has 0 unspecified atom stereocenters. The quantitative estimate of drug-likeness (QED) is 0.127. The third-order valence-electron chi connectivity index (χ3n) is 9.32. The van der Waals surface area contributed by atoms with Crippen LogP contribution in [0.25, 0.3) is 59.5 Å². The van der Waals surface area contributed by atoms with Crippen molar-refractivity contribution < 1.29 is 25.6 Å². The minimum Gasteiger partial charge on any atom is 0 e. The van der Waals surface area contributed by atoms with Crippen LogP contribution < -0.4 is 4.40 Å². The number of para-hydroxylation sites is 2. The van der Waals surface area contributed by atoms with E-state index < -0.39 is 26.0 Å². The zero-order valence-corrected chi connectivity index (χ0v) is 36.2. The van der Waals surface area contributed by atoms with Gasteiger partial charge >= 0.3 is 131 Å². The van der Waals surface area contributed by atoms with E-state index in [9.17, 15) is 0 Å². The van der Waals surface area contributed by atoms with Crippen LogP contribution in [0, 0.1) is 39.8 Å². The molecular weight excluding hydrogens is 891 g/mol. The molecular formula is C46H45GeIrN3S-2. The zero-order valence-electron chi connectivity index (χ0n) is 34.9. The first-order chi connectivity index (χ1) is 25.9. The summed E-state index contributed by atoms with van der Waals surface area (Å²) in [5.74, 6) is 7.13. The predicted octanol–water partition coefficient (Wildman–Crippen LogP) is 12.3. The van der Waals surface area contributed by atoms with E-state index in [2.05, 4.69) is 126 Å². The van der Waals surface area contributed by atoms with E-state index in [-0.39, 0.29) is 25.7 Å². The number of hydrogen-bond donors (Lipinski definition) is 0. The van der Waals surface area contributed by atoms with Crippen LogP contribution >= 0.6 is 11.3 Å². The van der Waals surface area contributed by atoms with Gasteiger partial charge in [0.1, 0.15) is 0 Å². The van der Waals surface area contributed by atoms with Crippen LogP contribution in [0.5, 0.6) is 0 Å². The Morgan fingerprint density at radius 3 is 2.27 bits per heavy atom. The van der Waals surface area contributed by atoms with Crippen molar-refractivity contribution in [3.05, 3.63) is 143 Å². The first-order valence-electron chi connectivity index (χ1n) is 19.3. The number of rotatable bonds is 5. The molecule has 8 rings (SSSR count). The molecule has 0 bridgehead atoms. The summed E-state index contributed by atoms with van der Waals surface area (Å²) in [5, 5.41) is 2.56. The van der Waals surface area contributed by atoms with Crippen LogP contribution in [0.1, 0.15) is 53.0 Å². The maximum atomic E-state index is 8.49.